The van der Waals surface area contributed by atoms with Gasteiger partial charge in [0, 0.05) is 19.5 Å². The molecule has 3 fully saturated rings. The number of amides is 1. The number of nitrogens with one attached hydrogen (secondary N) is 1. The first-order valence-corrected chi connectivity index (χ1v) is 9.36. The number of aliphatic hydroxyl groups is 1. The van der Waals surface area contributed by atoms with Gasteiger partial charge in [0.2, 0.25) is 0 Å². The summed E-state index contributed by atoms with van der Waals surface area (Å²) < 4.78 is 0. The van der Waals surface area contributed by atoms with E-state index >= 15 is 0 Å². The Balaban J connectivity index is 1.54. The predicted molar refractivity (Wildman–Crippen MR) is 93.3 cm³/mol. The van der Waals surface area contributed by atoms with Crippen molar-refractivity contribution in [1.29, 1.82) is 0 Å². The molecule has 2 unspecified atom stereocenters. The molecule has 4 atom stereocenters. The molecule has 2 saturated carbocycles. The van der Waals surface area contributed by atoms with Gasteiger partial charge in [0.1, 0.15) is 0 Å². The largest absolute Gasteiger partial charge is 0.375 e. The minimum absolute atomic E-state index is 0.0372. The molecule has 24 heavy (non-hydrogen) atoms. The molecule has 1 saturated heterocycles. The molecule has 1 aromatic rings. The Kier molecular flexibility index (Phi) is 4.13. The molecule has 3 aliphatic rings. The molecule has 130 valence electrons. The average molecular weight is 328 g/mol. The van der Waals surface area contributed by atoms with Crippen LogP contribution < -0.4 is 5.32 Å². The molecule has 1 aromatic carbocycles. The Hall–Kier alpha value is -1.39. The van der Waals surface area contributed by atoms with Crippen molar-refractivity contribution in [2.45, 2.75) is 31.3 Å². The standard InChI is InChI=1S/C20H28N2O2/c1-22(13-18-16-11-21-12-17(16)18)19(23)20(24,15-9-5-6-10-15)14-7-3-2-4-8-14/h2-4,7-8,15-18,21,24H,5-6,9-13H2,1H3/t16-,17+,18?,20?. The molecule has 0 spiro atoms. The van der Waals surface area contributed by atoms with Crippen LogP contribution in [0, 0.1) is 23.7 Å². The Bertz CT molecular complexity index is 589. The Labute approximate surface area is 144 Å². The van der Waals surface area contributed by atoms with Gasteiger partial charge in [-0.25, -0.2) is 0 Å². The van der Waals surface area contributed by atoms with Crippen molar-refractivity contribution in [3.05, 3.63) is 35.9 Å². The van der Waals surface area contributed by atoms with E-state index in [2.05, 4.69) is 5.32 Å². The Morgan fingerprint density at radius 1 is 1.21 bits per heavy atom. The van der Waals surface area contributed by atoms with E-state index in [0.29, 0.717) is 5.92 Å². The highest BCUT2D eigenvalue weighted by atomic mass is 16.3. The monoisotopic (exact) mass is 328 g/mol. The third-order valence-electron chi connectivity index (χ3n) is 6.59. The van der Waals surface area contributed by atoms with Crippen LogP contribution in [0.25, 0.3) is 0 Å². The molecule has 0 radical (unpaired) electrons. The van der Waals surface area contributed by atoms with Gasteiger partial charge >= 0.3 is 0 Å². The van der Waals surface area contributed by atoms with Crippen molar-refractivity contribution in [3.8, 4) is 0 Å². The van der Waals surface area contributed by atoms with Crippen molar-refractivity contribution >= 4 is 5.91 Å². The maximum absolute atomic E-state index is 13.3. The first kappa shape index (κ1) is 16.1. The summed E-state index contributed by atoms with van der Waals surface area (Å²) >= 11 is 0. The van der Waals surface area contributed by atoms with Gasteiger partial charge in [0.25, 0.3) is 5.91 Å². The van der Waals surface area contributed by atoms with Gasteiger partial charge < -0.3 is 15.3 Å². The summed E-state index contributed by atoms with van der Waals surface area (Å²) in [4.78, 5) is 15.1. The maximum atomic E-state index is 13.3. The van der Waals surface area contributed by atoms with Crippen LogP contribution in [0.15, 0.2) is 30.3 Å². The molecular weight excluding hydrogens is 300 g/mol. The van der Waals surface area contributed by atoms with Crippen LogP contribution in [0.3, 0.4) is 0 Å². The number of hydrogen-bond donors (Lipinski definition) is 2. The number of benzene rings is 1. The molecule has 1 amide bonds. The van der Waals surface area contributed by atoms with E-state index in [1.165, 1.54) is 0 Å². The van der Waals surface area contributed by atoms with Crippen LogP contribution in [0.5, 0.6) is 0 Å². The second kappa shape index (κ2) is 6.16. The van der Waals surface area contributed by atoms with Gasteiger partial charge in [-0.1, -0.05) is 43.2 Å². The molecule has 4 rings (SSSR count). The van der Waals surface area contributed by atoms with Gasteiger partial charge in [-0.3, -0.25) is 4.79 Å². The molecule has 1 heterocycles. The van der Waals surface area contributed by atoms with Crippen molar-refractivity contribution in [2.24, 2.45) is 23.7 Å². The normalized spacial score (nSPS) is 31.5. The summed E-state index contributed by atoms with van der Waals surface area (Å²) in [6, 6.07) is 9.57. The third kappa shape index (κ3) is 2.56. The molecule has 0 bridgehead atoms. The minimum atomic E-state index is -1.37. The summed E-state index contributed by atoms with van der Waals surface area (Å²) in [5.41, 5.74) is -0.610. The smallest absolute Gasteiger partial charge is 0.259 e. The van der Waals surface area contributed by atoms with Crippen LogP contribution in [0.4, 0.5) is 0 Å². The van der Waals surface area contributed by atoms with E-state index in [1.54, 1.807) is 4.90 Å². The van der Waals surface area contributed by atoms with Crippen molar-refractivity contribution in [2.75, 3.05) is 26.7 Å². The maximum Gasteiger partial charge on any atom is 0.259 e. The highest BCUT2D eigenvalue weighted by Gasteiger charge is 2.54. The predicted octanol–water partition coefficient (Wildman–Crippen LogP) is 1.99. The highest BCUT2D eigenvalue weighted by molar-refractivity contribution is 5.86. The summed E-state index contributed by atoms with van der Waals surface area (Å²) in [6.45, 7) is 2.95. The van der Waals surface area contributed by atoms with E-state index in [9.17, 15) is 9.90 Å². The zero-order chi connectivity index (χ0) is 16.7. The zero-order valence-corrected chi connectivity index (χ0v) is 14.4. The fourth-order valence-corrected chi connectivity index (χ4v) is 5.08. The fourth-order valence-electron chi connectivity index (χ4n) is 5.08. The van der Waals surface area contributed by atoms with Crippen LogP contribution in [-0.2, 0) is 10.4 Å². The molecular formula is C20H28N2O2. The first-order chi connectivity index (χ1) is 11.6. The lowest BCUT2D eigenvalue weighted by Crippen LogP contribution is -2.50. The van der Waals surface area contributed by atoms with Gasteiger partial charge in [0.05, 0.1) is 0 Å². The number of carbonyl (C=O) groups is 1. The third-order valence-corrected chi connectivity index (χ3v) is 6.59. The second-order valence-corrected chi connectivity index (χ2v) is 7.95. The number of likely N-dealkylation sites (N-methyl/N-ethyl adjacent to an activating group) is 1. The number of rotatable bonds is 5. The number of fused-ring (bicyclic) bond motifs is 1. The number of hydrogen-bond acceptors (Lipinski definition) is 3. The van der Waals surface area contributed by atoms with E-state index in [1.807, 2.05) is 37.4 Å². The zero-order valence-electron chi connectivity index (χ0n) is 14.4. The molecule has 4 heteroatoms. The van der Waals surface area contributed by atoms with Crippen LogP contribution in [0.2, 0.25) is 0 Å². The van der Waals surface area contributed by atoms with Gasteiger partial charge in [-0.2, -0.15) is 0 Å². The van der Waals surface area contributed by atoms with Gasteiger partial charge in [0.15, 0.2) is 5.60 Å². The van der Waals surface area contributed by atoms with Gasteiger partial charge in [-0.05, 0) is 49.2 Å². The van der Waals surface area contributed by atoms with Crippen molar-refractivity contribution in [1.82, 2.24) is 10.2 Å². The molecule has 2 N–H and O–H groups in total. The lowest BCUT2D eigenvalue weighted by molar-refractivity contribution is -0.158. The van der Waals surface area contributed by atoms with E-state index in [0.717, 1.165) is 62.7 Å². The Morgan fingerprint density at radius 3 is 2.46 bits per heavy atom. The quantitative estimate of drug-likeness (QED) is 0.869. The summed E-state index contributed by atoms with van der Waals surface area (Å²) in [5.74, 6) is 2.01. The average Bonchev–Trinajstić information content (AvgIpc) is 3.07. The van der Waals surface area contributed by atoms with Crippen molar-refractivity contribution < 1.29 is 9.90 Å². The molecule has 1 aliphatic heterocycles. The molecule has 2 aliphatic carbocycles. The van der Waals surface area contributed by atoms with Crippen LogP contribution >= 0.6 is 0 Å². The summed E-state index contributed by atoms with van der Waals surface area (Å²) in [5, 5.41) is 15.0. The summed E-state index contributed by atoms with van der Waals surface area (Å²) in [6.07, 6.45) is 4.08. The first-order valence-electron chi connectivity index (χ1n) is 9.36. The van der Waals surface area contributed by atoms with Crippen molar-refractivity contribution in [3.63, 3.8) is 0 Å². The van der Waals surface area contributed by atoms with Crippen LogP contribution in [-0.4, -0.2) is 42.6 Å². The van der Waals surface area contributed by atoms with E-state index in [4.69, 9.17) is 0 Å². The Morgan fingerprint density at radius 2 is 1.83 bits per heavy atom. The SMILES string of the molecule is CN(CC1[C@H]2CNC[C@@H]12)C(=O)C(O)(c1ccccc1)C1CCCC1. The number of nitrogens with zero attached hydrogens (tertiary/aromatic N) is 1. The van der Waals surface area contributed by atoms with E-state index in [-0.39, 0.29) is 11.8 Å². The lowest BCUT2D eigenvalue weighted by Gasteiger charge is -2.36. The lowest BCUT2D eigenvalue weighted by atomic mass is 9.79. The second-order valence-electron chi connectivity index (χ2n) is 7.95. The molecule has 4 nitrogen and oxygen atoms in total. The van der Waals surface area contributed by atoms with Crippen LogP contribution in [0.1, 0.15) is 31.2 Å². The number of carbonyl (C=O) groups excluding carboxylic acids is 1. The summed E-state index contributed by atoms with van der Waals surface area (Å²) in [7, 11) is 1.87. The fraction of sp³-hybridized carbons (Fsp3) is 0.650. The highest BCUT2D eigenvalue weighted by Crippen LogP contribution is 2.49. The topological polar surface area (TPSA) is 52.6 Å². The molecule has 0 aromatic heterocycles. The number of piperidine rings is 1. The van der Waals surface area contributed by atoms with Gasteiger partial charge in [-0.15, -0.1) is 0 Å². The minimum Gasteiger partial charge on any atom is -0.375 e. The van der Waals surface area contributed by atoms with E-state index < -0.39 is 5.60 Å².